The normalized spacial score (nSPS) is 10.7. The molecular weight excluding hydrogens is 208 g/mol. The van der Waals surface area contributed by atoms with Gasteiger partial charge in [-0.1, -0.05) is 13.8 Å². The Labute approximate surface area is 94.6 Å². The van der Waals surface area contributed by atoms with E-state index in [9.17, 15) is 4.79 Å². The molecule has 0 aromatic carbocycles. The summed E-state index contributed by atoms with van der Waals surface area (Å²) in [4.78, 5) is 13.7. The summed E-state index contributed by atoms with van der Waals surface area (Å²) in [5, 5.41) is 15.5. The number of nitrogens with one attached hydrogen (secondary N) is 2. The number of rotatable bonds is 7. The molecule has 0 saturated carbocycles. The summed E-state index contributed by atoms with van der Waals surface area (Å²) < 4.78 is 0. The molecule has 1 aromatic rings. The molecule has 1 rings (SSSR count). The zero-order valence-electron chi connectivity index (χ0n) is 9.73. The second-order valence-corrected chi connectivity index (χ2v) is 3.37. The number of carbonyl (C=O) groups excluding carboxylic acids is 1. The van der Waals surface area contributed by atoms with Crippen LogP contribution in [0.4, 0.5) is 0 Å². The van der Waals surface area contributed by atoms with Crippen LogP contribution in [0, 0.1) is 0 Å². The molecule has 0 atom stereocenters. The molecule has 0 bridgehead atoms. The van der Waals surface area contributed by atoms with Crippen LogP contribution in [0.25, 0.3) is 0 Å². The Hall–Kier alpha value is -1.50. The maximum atomic E-state index is 11.4. The van der Waals surface area contributed by atoms with E-state index in [1.807, 2.05) is 0 Å². The van der Waals surface area contributed by atoms with Crippen molar-refractivity contribution < 1.29 is 4.79 Å². The highest BCUT2D eigenvalue weighted by atomic mass is 16.2. The first-order valence-corrected chi connectivity index (χ1v) is 5.52. The van der Waals surface area contributed by atoms with Crippen molar-refractivity contribution in [3.8, 4) is 0 Å². The van der Waals surface area contributed by atoms with Crippen molar-refractivity contribution in [3.63, 3.8) is 0 Å². The second-order valence-electron chi connectivity index (χ2n) is 3.37. The van der Waals surface area contributed by atoms with Crippen molar-refractivity contribution in [3.05, 3.63) is 5.82 Å². The van der Waals surface area contributed by atoms with Gasteiger partial charge in [0.2, 0.25) is 0 Å². The Balaban J connectivity index is 2.14. The molecule has 16 heavy (non-hydrogen) atoms. The topological polar surface area (TPSA) is 86.8 Å². The van der Waals surface area contributed by atoms with Crippen molar-refractivity contribution >= 4 is 5.91 Å². The first-order valence-electron chi connectivity index (χ1n) is 5.52. The maximum Gasteiger partial charge on any atom is 0.292 e. The molecule has 1 aromatic heterocycles. The lowest BCUT2D eigenvalue weighted by Crippen LogP contribution is -2.30. The van der Waals surface area contributed by atoms with Gasteiger partial charge in [0.15, 0.2) is 0 Å². The van der Waals surface area contributed by atoms with E-state index in [-0.39, 0.29) is 11.7 Å². The van der Waals surface area contributed by atoms with Crippen LogP contribution < -0.4 is 5.32 Å². The van der Waals surface area contributed by atoms with Crippen LogP contribution in [0.15, 0.2) is 0 Å². The fraction of sp³-hybridized carbons (Fsp3) is 0.778. The van der Waals surface area contributed by atoms with Crippen LogP contribution in [0.2, 0.25) is 0 Å². The summed E-state index contributed by atoms with van der Waals surface area (Å²) in [7, 11) is 0. The maximum absolute atomic E-state index is 11.4. The summed E-state index contributed by atoms with van der Waals surface area (Å²) in [5.41, 5.74) is 0. The molecule has 1 heterocycles. The van der Waals surface area contributed by atoms with Crippen molar-refractivity contribution in [2.24, 2.45) is 0 Å². The quantitative estimate of drug-likeness (QED) is 0.621. The number of hydrogen-bond donors (Lipinski definition) is 2. The number of aromatic nitrogens is 4. The van der Waals surface area contributed by atoms with Gasteiger partial charge in [-0.05, 0) is 31.3 Å². The fourth-order valence-corrected chi connectivity index (χ4v) is 1.38. The van der Waals surface area contributed by atoms with Gasteiger partial charge in [-0.25, -0.2) is 0 Å². The molecule has 1 amide bonds. The van der Waals surface area contributed by atoms with Gasteiger partial charge in [0, 0.05) is 6.54 Å². The molecular formula is C9H18N6O. The molecule has 90 valence electrons. The van der Waals surface area contributed by atoms with Crippen LogP contribution in [0.3, 0.4) is 0 Å². The number of H-pyrrole nitrogens is 1. The number of amides is 1. The highest BCUT2D eigenvalue weighted by Gasteiger charge is 2.09. The van der Waals surface area contributed by atoms with Gasteiger partial charge >= 0.3 is 0 Å². The summed E-state index contributed by atoms with van der Waals surface area (Å²) >= 11 is 0. The van der Waals surface area contributed by atoms with E-state index in [1.165, 1.54) is 0 Å². The molecule has 0 aliphatic carbocycles. The smallest absolute Gasteiger partial charge is 0.292 e. The minimum absolute atomic E-state index is 0.0860. The van der Waals surface area contributed by atoms with Crippen molar-refractivity contribution in [1.29, 1.82) is 0 Å². The van der Waals surface area contributed by atoms with Gasteiger partial charge in [-0.15, -0.1) is 10.2 Å². The lowest BCUT2D eigenvalue weighted by atomic mass is 10.3. The van der Waals surface area contributed by atoms with E-state index in [0.717, 1.165) is 26.1 Å². The molecule has 0 unspecified atom stereocenters. The molecule has 0 spiro atoms. The van der Waals surface area contributed by atoms with Crippen molar-refractivity contribution in [1.82, 2.24) is 30.8 Å². The van der Waals surface area contributed by atoms with Crippen LogP contribution in [0.5, 0.6) is 0 Å². The van der Waals surface area contributed by atoms with E-state index in [1.54, 1.807) is 0 Å². The molecule has 0 radical (unpaired) electrons. The fourth-order valence-electron chi connectivity index (χ4n) is 1.38. The molecule has 2 N–H and O–H groups in total. The summed E-state index contributed by atoms with van der Waals surface area (Å²) in [6, 6.07) is 0. The Morgan fingerprint density at radius 3 is 2.75 bits per heavy atom. The lowest BCUT2D eigenvalue weighted by molar-refractivity contribution is 0.0941. The van der Waals surface area contributed by atoms with Crippen molar-refractivity contribution in [2.45, 2.75) is 20.3 Å². The van der Waals surface area contributed by atoms with E-state index in [0.29, 0.717) is 6.54 Å². The van der Waals surface area contributed by atoms with E-state index < -0.39 is 0 Å². The number of aromatic amines is 1. The molecule has 0 aliphatic heterocycles. The zero-order valence-corrected chi connectivity index (χ0v) is 9.73. The molecule has 7 nitrogen and oxygen atoms in total. The largest absolute Gasteiger partial charge is 0.349 e. The minimum Gasteiger partial charge on any atom is -0.349 e. The number of nitrogens with zero attached hydrogens (tertiary/aromatic N) is 4. The van der Waals surface area contributed by atoms with Crippen LogP contribution in [-0.2, 0) is 0 Å². The molecule has 0 fully saturated rings. The minimum atomic E-state index is -0.284. The lowest BCUT2D eigenvalue weighted by Gasteiger charge is -2.17. The first-order chi connectivity index (χ1) is 7.77. The van der Waals surface area contributed by atoms with Gasteiger partial charge in [0.1, 0.15) is 0 Å². The third kappa shape index (κ3) is 3.93. The predicted octanol–water partition coefficient (Wildman–Crippen LogP) is -0.339. The van der Waals surface area contributed by atoms with Gasteiger partial charge in [0.25, 0.3) is 11.7 Å². The van der Waals surface area contributed by atoms with E-state index >= 15 is 0 Å². The Bertz CT molecular complexity index is 295. The second kappa shape index (κ2) is 6.89. The van der Waals surface area contributed by atoms with Gasteiger partial charge in [0.05, 0.1) is 0 Å². The highest BCUT2D eigenvalue weighted by Crippen LogP contribution is 1.90. The van der Waals surface area contributed by atoms with E-state index in [2.05, 4.69) is 44.7 Å². The number of tetrazole rings is 1. The number of hydrogen-bond acceptors (Lipinski definition) is 5. The summed E-state index contributed by atoms with van der Waals surface area (Å²) in [6.45, 7) is 7.94. The average molecular weight is 226 g/mol. The third-order valence-electron chi connectivity index (χ3n) is 2.38. The monoisotopic (exact) mass is 226 g/mol. The van der Waals surface area contributed by atoms with Gasteiger partial charge in [-0.3, -0.25) is 4.79 Å². The Kier molecular flexibility index (Phi) is 5.41. The highest BCUT2D eigenvalue weighted by molar-refractivity contribution is 5.89. The van der Waals surface area contributed by atoms with Crippen molar-refractivity contribution in [2.75, 3.05) is 26.2 Å². The standard InChI is InChI=1S/C9H18N6O/c1-3-15(4-2)7-5-6-10-9(16)8-11-13-14-12-8/h3-7H2,1-2H3,(H,10,16)(H,11,12,13,14). The van der Waals surface area contributed by atoms with Gasteiger partial charge < -0.3 is 10.2 Å². The first kappa shape index (κ1) is 12.6. The molecule has 0 saturated heterocycles. The molecule has 7 heteroatoms. The Morgan fingerprint density at radius 2 is 2.19 bits per heavy atom. The third-order valence-corrected chi connectivity index (χ3v) is 2.38. The van der Waals surface area contributed by atoms with Crippen LogP contribution >= 0.6 is 0 Å². The average Bonchev–Trinajstić information content (AvgIpc) is 2.82. The molecule has 0 aliphatic rings. The summed E-state index contributed by atoms with van der Waals surface area (Å²) in [6.07, 6.45) is 0.922. The van der Waals surface area contributed by atoms with Gasteiger partial charge in [-0.2, -0.15) is 5.21 Å². The van der Waals surface area contributed by atoms with Crippen LogP contribution in [-0.4, -0.2) is 57.6 Å². The SMILES string of the molecule is CCN(CC)CCCNC(=O)c1nn[nH]n1. The predicted molar refractivity (Wildman–Crippen MR) is 58.9 cm³/mol. The van der Waals surface area contributed by atoms with E-state index in [4.69, 9.17) is 0 Å². The summed E-state index contributed by atoms with van der Waals surface area (Å²) in [5.74, 6) is -0.198. The zero-order chi connectivity index (χ0) is 11.8. The van der Waals surface area contributed by atoms with Crippen LogP contribution in [0.1, 0.15) is 30.9 Å². The number of carbonyl (C=O) groups is 1. The Morgan fingerprint density at radius 1 is 1.44 bits per heavy atom.